The number of rotatable bonds is 7. The van der Waals surface area contributed by atoms with Crippen LogP contribution in [0.3, 0.4) is 0 Å². The Labute approximate surface area is 155 Å². The fourth-order valence-corrected chi connectivity index (χ4v) is 5.17. The van der Waals surface area contributed by atoms with Crippen molar-refractivity contribution in [1.82, 2.24) is 0 Å². The van der Waals surface area contributed by atoms with Crippen LogP contribution in [0.2, 0.25) is 0 Å². The smallest absolute Gasteiger partial charge is 0.119 e. The van der Waals surface area contributed by atoms with E-state index in [0.717, 1.165) is 36.0 Å². The molecule has 0 aromatic heterocycles. The normalized spacial score (nSPS) is 30.2. The van der Waals surface area contributed by atoms with Crippen molar-refractivity contribution < 1.29 is 4.74 Å². The third kappa shape index (κ3) is 5.50. The molecule has 2 aliphatic carbocycles. The predicted molar refractivity (Wildman–Crippen MR) is 107 cm³/mol. The molecule has 1 nitrogen and oxygen atoms in total. The molecular weight excluding hydrogens is 304 g/mol. The van der Waals surface area contributed by atoms with Gasteiger partial charge in [-0.15, -0.1) is 0 Å². The Morgan fingerprint density at radius 1 is 0.880 bits per heavy atom. The first-order chi connectivity index (χ1) is 12.3. The lowest BCUT2D eigenvalue weighted by Gasteiger charge is -2.30. The van der Waals surface area contributed by atoms with Crippen molar-refractivity contribution in [3.8, 4) is 5.75 Å². The van der Waals surface area contributed by atoms with Crippen molar-refractivity contribution in [2.75, 3.05) is 6.61 Å². The van der Waals surface area contributed by atoms with Crippen LogP contribution in [0.4, 0.5) is 0 Å². The Kier molecular flexibility index (Phi) is 7.25. The molecule has 0 heterocycles. The highest BCUT2D eigenvalue weighted by Crippen LogP contribution is 2.36. The largest absolute Gasteiger partial charge is 0.494 e. The second kappa shape index (κ2) is 9.64. The molecule has 1 heteroatoms. The zero-order chi connectivity index (χ0) is 17.5. The summed E-state index contributed by atoms with van der Waals surface area (Å²) in [6.45, 7) is 5.64. The van der Waals surface area contributed by atoms with Crippen molar-refractivity contribution >= 4 is 0 Å². The topological polar surface area (TPSA) is 9.23 Å². The van der Waals surface area contributed by atoms with E-state index in [2.05, 4.69) is 38.1 Å². The Balaban J connectivity index is 1.38. The fourth-order valence-electron chi connectivity index (χ4n) is 5.17. The van der Waals surface area contributed by atoms with Crippen molar-refractivity contribution in [1.29, 1.82) is 0 Å². The van der Waals surface area contributed by atoms with E-state index in [0.29, 0.717) is 0 Å². The van der Waals surface area contributed by atoms with Crippen LogP contribution < -0.4 is 4.74 Å². The molecule has 0 aliphatic heterocycles. The van der Waals surface area contributed by atoms with Gasteiger partial charge in [0.05, 0.1) is 6.61 Å². The Bertz CT molecular complexity index is 483. The molecule has 0 bridgehead atoms. The van der Waals surface area contributed by atoms with Crippen LogP contribution in [0.25, 0.3) is 0 Å². The third-order valence-electron chi connectivity index (χ3n) is 6.95. The first kappa shape index (κ1) is 18.8. The summed E-state index contributed by atoms with van der Waals surface area (Å²) in [7, 11) is 0. The average Bonchev–Trinajstić information content (AvgIpc) is 2.67. The molecular formula is C24H38O. The monoisotopic (exact) mass is 342 g/mol. The highest BCUT2D eigenvalue weighted by atomic mass is 16.5. The highest BCUT2D eigenvalue weighted by Gasteiger charge is 2.23. The molecule has 1 aromatic carbocycles. The van der Waals surface area contributed by atoms with E-state index in [4.69, 9.17) is 4.74 Å². The quantitative estimate of drug-likeness (QED) is 0.470. The Hall–Kier alpha value is -0.980. The molecule has 0 N–H and O–H groups in total. The van der Waals surface area contributed by atoms with Crippen LogP contribution in [0.1, 0.15) is 96.0 Å². The maximum absolute atomic E-state index is 6.03. The SMILES string of the molecule is CCC1CCCCC1CCCOc1ccc(C2CCC(C)CC2)cc1. The zero-order valence-electron chi connectivity index (χ0n) is 16.5. The maximum Gasteiger partial charge on any atom is 0.119 e. The summed E-state index contributed by atoms with van der Waals surface area (Å²) < 4.78 is 6.03. The van der Waals surface area contributed by atoms with E-state index in [1.165, 1.54) is 76.2 Å². The molecule has 3 rings (SSSR count). The highest BCUT2D eigenvalue weighted by molar-refractivity contribution is 5.29. The first-order valence-electron chi connectivity index (χ1n) is 11.0. The van der Waals surface area contributed by atoms with Gasteiger partial charge in [-0.2, -0.15) is 0 Å². The van der Waals surface area contributed by atoms with Gasteiger partial charge in [-0.25, -0.2) is 0 Å². The molecule has 0 saturated heterocycles. The molecule has 2 atom stereocenters. The molecule has 140 valence electrons. The first-order valence-corrected chi connectivity index (χ1v) is 11.0. The molecule has 2 aliphatic rings. The third-order valence-corrected chi connectivity index (χ3v) is 6.95. The van der Waals surface area contributed by atoms with Crippen molar-refractivity contribution in [3.63, 3.8) is 0 Å². The molecule has 2 unspecified atom stereocenters. The average molecular weight is 343 g/mol. The van der Waals surface area contributed by atoms with Gasteiger partial charge in [0.2, 0.25) is 0 Å². The van der Waals surface area contributed by atoms with E-state index in [-0.39, 0.29) is 0 Å². The summed E-state index contributed by atoms with van der Waals surface area (Å²) >= 11 is 0. The van der Waals surface area contributed by atoms with Crippen molar-refractivity contribution in [3.05, 3.63) is 29.8 Å². The minimum atomic E-state index is 0.780. The van der Waals surface area contributed by atoms with Crippen LogP contribution in [0.15, 0.2) is 24.3 Å². The van der Waals surface area contributed by atoms with Gasteiger partial charge < -0.3 is 4.74 Å². The maximum atomic E-state index is 6.03. The summed E-state index contributed by atoms with van der Waals surface area (Å²) in [6.07, 6.45) is 15.3. The van der Waals surface area contributed by atoms with Crippen LogP contribution in [-0.4, -0.2) is 6.61 Å². The van der Waals surface area contributed by atoms with Gasteiger partial charge in [0.1, 0.15) is 5.75 Å². The second-order valence-electron chi connectivity index (χ2n) is 8.73. The number of hydrogen-bond donors (Lipinski definition) is 0. The summed E-state index contributed by atoms with van der Waals surface area (Å²) in [5, 5.41) is 0. The summed E-state index contributed by atoms with van der Waals surface area (Å²) in [5.74, 6) is 4.70. The van der Waals surface area contributed by atoms with Gasteiger partial charge in [-0.05, 0) is 67.1 Å². The van der Waals surface area contributed by atoms with E-state index in [1.54, 1.807) is 0 Å². The molecule has 2 saturated carbocycles. The van der Waals surface area contributed by atoms with Gasteiger partial charge in [-0.1, -0.05) is 70.9 Å². The van der Waals surface area contributed by atoms with Gasteiger partial charge in [0.25, 0.3) is 0 Å². The van der Waals surface area contributed by atoms with Gasteiger partial charge in [0.15, 0.2) is 0 Å². The molecule has 0 radical (unpaired) electrons. The Morgan fingerprint density at radius 3 is 2.24 bits per heavy atom. The van der Waals surface area contributed by atoms with Crippen LogP contribution >= 0.6 is 0 Å². The van der Waals surface area contributed by atoms with Gasteiger partial charge in [-0.3, -0.25) is 0 Å². The van der Waals surface area contributed by atoms with E-state index >= 15 is 0 Å². The lowest BCUT2D eigenvalue weighted by Crippen LogP contribution is -2.19. The summed E-state index contributed by atoms with van der Waals surface area (Å²) in [6, 6.07) is 9.01. The minimum absolute atomic E-state index is 0.780. The molecule has 1 aromatic rings. The van der Waals surface area contributed by atoms with E-state index in [1.807, 2.05) is 0 Å². The second-order valence-corrected chi connectivity index (χ2v) is 8.73. The Morgan fingerprint density at radius 2 is 1.56 bits per heavy atom. The van der Waals surface area contributed by atoms with Gasteiger partial charge >= 0.3 is 0 Å². The van der Waals surface area contributed by atoms with Crippen LogP contribution in [0, 0.1) is 17.8 Å². The molecule has 25 heavy (non-hydrogen) atoms. The summed E-state index contributed by atoms with van der Waals surface area (Å²) in [5.41, 5.74) is 1.52. The lowest BCUT2D eigenvalue weighted by atomic mass is 9.76. The molecule has 0 amide bonds. The van der Waals surface area contributed by atoms with Crippen LogP contribution in [-0.2, 0) is 0 Å². The minimum Gasteiger partial charge on any atom is -0.494 e. The number of hydrogen-bond acceptors (Lipinski definition) is 1. The molecule has 2 fully saturated rings. The van der Waals surface area contributed by atoms with Crippen molar-refractivity contribution in [2.45, 2.75) is 90.4 Å². The number of ether oxygens (including phenoxy) is 1. The van der Waals surface area contributed by atoms with E-state index < -0.39 is 0 Å². The van der Waals surface area contributed by atoms with Gasteiger partial charge in [0, 0.05) is 0 Å². The number of benzene rings is 1. The fraction of sp³-hybridized carbons (Fsp3) is 0.750. The van der Waals surface area contributed by atoms with E-state index in [9.17, 15) is 0 Å². The summed E-state index contributed by atoms with van der Waals surface area (Å²) in [4.78, 5) is 0. The molecule has 0 spiro atoms. The lowest BCUT2D eigenvalue weighted by molar-refractivity contribution is 0.199. The standard InChI is InChI=1S/C24H38O/c1-3-20-7-4-5-8-21(20)9-6-18-25-24-16-14-23(15-17-24)22-12-10-19(2)11-13-22/h14-17,19-22H,3-13,18H2,1-2H3. The predicted octanol–water partition coefficient (Wildman–Crippen LogP) is 7.36. The van der Waals surface area contributed by atoms with Crippen LogP contribution in [0.5, 0.6) is 5.75 Å². The zero-order valence-corrected chi connectivity index (χ0v) is 16.5. The van der Waals surface area contributed by atoms with Crippen molar-refractivity contribution in [2.24, 2.45) is 17.8 Å².